The molecule has 4 aromatic rings. The third-order valence-electron chi connectivity index (χ3n) is 5.13. The Bertz CT molecular complexity index is 1600. The predicted octanol–water partition coefficient (Wildman–Crippen LogP) is 4.08. The molecular weight excluding hydrogens is 476 g/mol. The molecule has 0 unspecified atom stereocenters. The molecule has 2 aromatic carbocycles. The van der Waals surface area contributed by atoms with E-state index >= 15 is 0 Å². The molecular formula is C24H19F2N5O3S. The number of aromatic amines is 1. The number of ketones is 1. The number of nitrogens with zero attached hydrogens (tertiary/aromatic N) is 1. The number of nitrogens with one attached hydrogen (secondary N) is 4. The standard InChI is InChI=1S/C24H19F2N5O3S/c1-28-11-15(10-27)14-7-19-21(13-30-24(19)29-12-14)23(32)20-9-17(5-6-22(20)26)31-35(33,34)18-4-2-3-16(25)8-18/h2-13,27-28,31H,1H3,(H,29,30)/b15-11+,27-10?. The van der Waals surface area contributed by atoms with Gasteiger partial charge in [-0.1, -0.05) is 6.07 Å². The van der Waals surface area contributed by atoms with E-state index in [-0.39, 0.29) is 21.7 Å². The van der Waals surface area contributed by atoms with Crippen LogP contribution in [0.2, 0.25) is 0 Å². The zero-order chi connectivity index (χ0) is 25.2. The molecule has 0 spiro atoms. The van der Waals surface area contributed by atoms with E-state index in [0.29, 0.717) is 22.2 Å². The van der Waals surface area contributed by atoms with Gasteiger partial charge in [-0.2, -0.15) is 0 Å². The molecule has 0 aliphatic rings. The number of H-pyrrole nitrogens is 1. The van der Waals surface area contributed by atoms with Gasteiger partial charge in [-0.15, -0.1) is 0 Å². The quantitative estimate of drug-likeness (QED) is 0.216. The Morgan fingerprint density at radius 2 is 1.91 bits per heavy atom. The lowest BCUT2D eigenvalue weighted by atomic mass is 10.0. The second-order valence-corrected chi connectivity index (χ2v) is 9.12. The number of sulfonamides is 1. The zero-order valence-electron chi connectivity index (χ0n) is 18.3. The maximum atomic E-state index is 14.7. The van der Waals surface area contributed by atoms with Gasteiger partial charge < -0.3 is 15.7 Å². The van der Waals surface area contributed by atoms with Gasteiger partial charge in [0, 0.05) is 59.6 Å². The number of hydrogen-bond acceptors (Lipinski definition) is 6. The van der Waals surface area contributed by atoms with E-state index < -0.39 is 27.4 Å². The zero-order valence-corrected chi connectivity index (χ0v) is 19.1. The fourth-order valence-corrected chi connectivity index (χ4v) is 4.55. The molecule has 0 amide bonds. The number of anilines is 1. The van der Waals surface area contributed by atoms with Crippen LogP contribution in [-0.2, 0) is 10.0 Å². The summed E-state index contributed by atoms with van der Waals surface area (Å²) in [6.07, 6.45) is 5.64. The lowest BCUT2D eigenvalue weighted by Crippen LogP contribution is -2.14. The van der Waals surface area contributed by atoms with E-state index in [1.54, 1.807) is 19.3 Å². The summed E-state index contributed by atoms with van der Waals surface area (Å²) >= 11 is 0. The molecule has 178 valence electrons. The number of halogens is 2. The number of pyridine rings is 1. The summed E-state index contributed by atoms with van der Waals surface area (Å²) in [4.78, 5) is 20.1. The average Bonchev–Trinajstić information content (AvgIpc) is 3.26. The number of rotatable bonds is 8. The van der Waals surface area contributed by atoms with Crippen LogP contribution in [0, 0.1) is 17.0 Å². The van der Waals surface area contributed by atoms with Gasteiger partial charge in [-0.05, 0) is 42.5 Å². The maximum absolute atomic E-state index is 14.7. The number of carbonyl (C=O) groups excluding carboxylic acids is 1. The number of benzene rings is 2. The van der Waals surface area contributed by atoms with Crippen molar-refractivity contribution in [2.24, 2.45) is 0 Å². The second kappa shape index (κ2) is 9.47. The Morgan fingerprint density at radius 3 is 2.63 bits per heavy atom. The van der Waals surface area contributed by atoms with Crippen molar-refractivity contribution in [2.75, 3.05) is 11.8 Å². The van der Waals surface area contributed by atoms with Gasteiger partial charge in [0.15, 0.2) is 5.78 Å². The van der Waals surface area contributed by atoms with Crippen LogP contribution >= 0.6 is 0 Å². The normalized spacial score (nSPS) is 11.9. The second-order valence-electron chi connectivity index (χ2n) is 7.44. The highest BCUT2D eigenvalue weighted by Crippen LogP contribution is 2.26. The Morgan fingerprint density at radius 1 is 1.11 bits per heavy atom. The molecule has 0 aliphatic carbocycles. The van der Waals surface area contributed by atoms with Crippen molar-refractivity contribution in [3.05, 3.63) is 95.4 Å². The van der Waals surface area contributed by atoms with Crippen molar-refractivity contribution in [3.8, 4) is 0 Å². The molecule has 0 bridgehead atoms. The van der Waals surface area contributed by atoms with Crippen LogP contribution in [0.25, 0.3) is 16.6 Å². The Hall–Kier alpha value is -4.38. The van der Waals surface area contributed by atoms with Crippen LogP contribution in [-0.4, -0.2) is 37.4 Å². The number of carbonyl (C=O) groups is 1. The van der Waals surface area contributed by atoms with E-state index in [1.807, 2.05) is 0 Å². The van der Waals surface area contributed by atoms with E-state index in [2.05, 4.69) is 20.0 Å². The first-order valence-corrected chi connectivity index (χ1v) is 11.7. The third-order valence-corrected chi connectivity index (χ3v) is 6.51. The van der Waals surface area contributed by atoms with Crippen molar-refractivity contribution in [1.82, 2.24) is 15.3 Å². The van der Waals surface area contributed by atoms with Crippen molar-refractivity contribution in [1.29, 1.82) is 5.41 Å². The van der Waals surface area contributed by atoms with Gasteiger partial charge in [0.1, 0.15) is 17.3 Å². The maximum Gasteiger partial charge on any atom is 0.261 e. The van der Waals surface area contributed by atoms with Crippen LogP contribution in [0.1, 0.15) is 21.5 Å². The van der Waals surface area contributed by atoms with Crippen LogP contribution < -0.4 is 10.0 Å². The minimum absolute atomic E-state index is 0.0688. The van der Waals surface area contributed by atoms with Crippen molar-refractivity contribution in [3.63, 3.8) is 0 Å². The van der Waals surface area contributed by atoms with Crippen molar-refractivity contribution < 1.29 is 22.0 Å². The Labute approximate surface area is 199 Å². The largest absolute Gasteiger partial charge is 0.393 e. The highest BCUT2D eigenvalue weighted by molar-refractivity contribution is 7.92. The molecule has 0 saturated heterocycles. The topological polar surface area (TPSA) is 128 Å². The summed E-state index contributed by atoms with van der Waals surface area (Å²) in [5, 5.41) is 10.8. The van der Waals surface area contributed by atoms with E-state index in [4.69, 9.17) is 5.41 Å². The minimum atomic E-state index is -4.18. The summed E-state index contributed by atoms with van der Waals surface area (Å²) in [7, 11) is -2.50. The first-order valence-electron chi connectivity index (χ1n) is 10.2. The predicted molar refractivity (Wildman–Crippen MR) is 129 cm³/mol. The average molecular weight is 496 g/mol. The summed E-state index contributed by atoms with van der Waals surface area (Å²) in [5.74, 6) is -2.28. The van der Waals surface area contributed by atoms with Gasteiger partial charge in [0.2, 0.25) is 0 Å². The van der Waals surface area contributed by atoms with Gasteiger partial charge in [-0.25, -0.2) is 22.2 Å². The molecule has 2 heterocycles. The summed E-state index contributed by atoms with van der Waals surface area (Å²) in [5.41, 5.74) is 1.14. The first kappa shape index (κ1) is 23.8. The van der Waals surface area contributed by atoms with Gasteiger partial charge >= 0.3 is 0 Å². The molecule has 8 nitrogen and oxygen atoms in total. The number of hydrogen-bond donors (Lipinski definition) is 4. The minimum Gasteiger partial charge on any atom is -0.393 e. The fourth-order valence-electron chi connectivity index (χ4n) is 3.47. The molecule has 0 radical (unpaired) electrons. The van der Waals surface area contributed by atoms with Crippen molar-refractivity contribution in [2.45, 2.75) is 4.90 Å². The van der Waals surface area contributed by atoms with Crippen LogP contribution in [0.4, 0.5) is 14.5 Å². The number of allylic oxidation sites excluding steroid dienone is 1. The molecule has 35 heavy (non-hydrogen) atoms. The molecule has 0 saturated carbocycles. The molecule has 2 aromatic heterocycles. The van der Waals surface area contributed by atoms with E-state index in [9.17, 15) is 22.0 Å². The molecule has 0 fully saturated rings. The van der Waals surface area contributed by atoms with Crippen molar-refractivity contribution >= 4 is 44.3 Å². The Balaban J connectivity index is 1.72. The van der Waals surface area contributed by atoms with E-state index in [0.717, 1.165) is 36.5 Å². The highest BCUT2D eigenvalue weighted by Gasteiger charge is 2.21. The Kier molecular flexibility index (Phi) is 6.43. The van der Waals surface area contributed by atoms with Gasteiger partial charge in [0.05, 0.1) is 10.5 Å². The summed E-state index contributed by atoms with van der Waals surface area (Å²) < 4.78 is 55.6. The lowest BCUT2D eigenvalue weighted by molar-refractivity contribution is 0.103. The number of aromatic nitrogens is 2. The number of fused-ring (bicyclic) bond motifs is 1. The van der Waals surface area contributed by atoms with E-state index in [1.165, 1.54) is 24.5 Å². The van der Waals surface area contributed by atoms with Crippen LogP contribution in [0.15, 0.2) is 72.0 Å². The van der Waals surface area contributed by atoms with Crippen LogP contribution in [0.5, 0.6) is 0 Å². The molecule has 0 aliphatic heterocycles. The smallest absolute Gasteiger partial charge is 0.261 e. The van der Waals surface area contributed by atoms with Gasteiger partial charge in [0.25, 0.3) is 10.0 Å². The summed E-state index contributed by atoms with van der Waals surface area (Å²) in [6.45, 7) is 0. The third kappa shape index (κ3) is 4.80. The highest BCUT2D eigenvalue weighted by atomic mass is 32.2. The van der Waals surface area contributed by atoms with Crippen LogP contribution in [0.3, 0.4) is 0 Å². The summed E-state index contributed by atoms with van der Waals surface area (Å²) in [6, 6.07) is 9.27. The van der Waals surface area contributed by atoms with Gasteiger partial charge in [-0.3, -0.25) is 9.52 Å². The monoisotopic (exact) mass is 495 g/mol. The first-order chi connectivity index (χ1) is 16.7. The fraction of sp³-hybridized carbons (Fsp3) is 0.0417. The molecule has 4 rings (SSSR count). The molecule has 4 N–H and O–H groups in total. The molecule has 0 atom stereocenters. The lowest BCUT2D eigenvalue weighted by Gasteiger charge is -2.10. The SMILES string of the molecule is CN/C=C(\C=N)c1cnc2[nH]cc(C(=O)c3cc(NS(=O)(=O)c4cccc(F)c4)ccc3F)c2c1. The molecule has 11 heteroatoms.